The van der Waals surface area contributed by atoms with Crippen molar-refractivity contribution >= 4 is 17.1 Å². The summed E-state index contributed by atoms with van der Waals surface area (Å²) in [4.78, 5) is 2.45. The Morgan fingerprint density at radius 1 is 0.316 bits per heavy atom. The van der Waals surface area contributed by atoms with Gasteiger partial charge in [0.1, 0.15) is 0 Å². The maximum Gasteiger partial charge on any atom is 0.0714 e. The molecule has 1 nitrogen and oxygen atoms in total. The van der Waals surface area contributed by atoms with Crippen LogP contribution in [0.5, 0.6) is 0 Å². The number of para-hydroxylation sites is 1. The first-order valence-corrected chi connectivity index (χ1v) is 19.8. The van der Waals surface area contributed by atoms with Crippen LogP contribution in [0.15, 0.2) is 231 Å². The highest BCUT2D eigenvalue weighted by atomic mass is 15.1. The minimum absolute atomic E-state index is 0.567. The number of hydrogen-bond acceptors (Lipinski definition) is 1. The monoisotopic (exact) mass is 727 g/mol. The Labute approximate surface area is 335 Å². The zero-order chi connectivity index (χ0) is 38.2. The highest BCUT2D eigenvalue weighted by Crippen LogP contribution is 2.58. The molecular weight excluding hydrogens is 687 g/mol. The van der Waals surface area contributed by atoms with Crippen LogP contribution in [0.1, 0.15) is 27.8 Å². The number of hydrogen-bond donors (Lipinski definition) is 0. The van der Waals surface area contributed by atoms with Crippen LogP contribution < -0.4 is 4.90 Å². The summed E-state index contributed by atoms with van der Waals surface area (Å²) in [5, 5.41) is 0. The zero-order valence-corrected chi connectivity index (χ0v) is 31.9. The van der Waals surface area contributed by atoms with E-state index in [4.69, 9.17) is 0 Å². The topological polar surface area (TPSA) is 3.24 Å². The van der Waals surface area contributed by atoms with Crippen molar-refractivity contribution in [3.63, 3.8) is 0 Å². The molecule has 1 atom stereocenters. The zero-order valence-electron chi connectivity index (χ0n) is 31.9. The van der Waals surface area contributed by atoms with Gasteiger partial charge in [0.05, 0.1) is 11.1 Å². The van der Waals surface area contributed by atoms with E-state index in [0.29, 0.717) is 0 Å². The van der Waals surface area contributed by atoms with Crippen LogP contribution in [0.25, 0.3) is 44.5 Å². The first kappa shape index (κ1) is 34.3. The standard InChI is InChI=1S/C56H41N/c1-40-26-31-47(32-27-40)56(46-22-12-5-13-23-46)53-38-45(42-18-8-3-9-19-42)30-36-51(53)52-37-35-49(39-54(52)56)57(48-33-28-43(29-34-48)41-16-6-2-7-17-41)55-25-15-14-24-50(55)44-20-10-4-11-21-44/h2-39H,1H3. The van der Waals surface area contributed by atoms with Crippen LogP contribution in [-0.2, 0) is 5.41 Å². The summed E-state index contributed by atoms with van der Waals surface area (Å²) >= 11 is 0. The highest BCUT2D eigenvalue weighted by molar-refractivity contribution is 5.93. The van der Waals surface area contributed by atoms with Gasteiger partial charge < -0.3 is 4.90 Å². The van der Waals surface area contributed by atoms with E-state index in [-0.39, 0.29) is 0 Å². The van der Waals surface area contributed by atoms with Gasteiger partial charge in [-0.2, -0.15) is 0 Å². The van der Waals surface area contributed by atoms with Crippen molar-refractivity contribution in [3.05, 3.63) is 258 Å². The molecule has 1 unspecified atom stereocenters. The van der Waals surface area contributed by atoms with Crippen LogP contribution in [0.2, 0.25) is 0 Å². The lowest BCUT2D eigenvalue weighted by atomic mass is 9.67. The molecule has 0 saturated heterocycles. The second-order valence-corrected chi connectivity index (χ2v) is 15.0. The first-order chi connectivity index (χ1) is 28.2. The van der Waals surface area contributed by atoms with Gasteiger partial charge in [-0.15, -0.1) is 0 Å². The maximum atomic E-state index is 2.47. The molecule has 0 spiro atoms. The minimum Gasteiger partial charge on any atom is -0.310 e. The fraction of sp³-hybridized carbons (Fsp3) is 0.0357. The molecule has 0 saturated carbocycles. The summed E-state index contributed by atoms with van der Waals surface area (Å²) in [6.45, 7) is 2.17. The quantitative estimate of drug-likeness (QED) is 0.151. The van der Waals surface area contributed by atoms with Gasteiger partial charge in [0, 0.05) is 16.9 Å². The van der Waals surface area contributed by atoms with Gasteiger partial charge in [-0.25, -0.2) is 0 Å². The molecule has 1 aliphatic carbocycles. The molecule has 0 heterocycles. The molecule has 0 radical (unpaired) electrons. The van der Waals surface area contributed by atoms with Crippen LogP contribution in [0.4, 0.5) is 17.1 Å². The van der Waals surface area contributed by atoms with E-state index >= 15 is 0 Å². The number of aryl methyl sites for hydroxylation is 1. The largest absolute Gasteiger partial charge is 0.310 e. The average Bonchev–Trinajstić information content (AvgIpc) is 3.58. The van der Waals surface area contributed by atoms with Gasteiger partial charge in [0.25, 0.3) is 0 Å². The van der Waals surface area contributed by atoms with E-state index in [2.05, 4.69) is 242 Å². The summed E-state index contributed by atoms with van der Waals surface area (Å²) in [7, 11) is 0. The second kappa shape index (κ2) is 14.5. The molecule has 1 aliphatic rings. The molecule has 9 aromatic carbocycles. The van der Waals surface area contributed by atoms with Gasteiger partial charge in [-0.1, -0.05) is 200 Å². The number of benzene rings is 9. The van der Waals surface area contributed by atoms with Gasteiger partial charge in [0.2, 0.25) is 0 Å². The predicted octanol–water partition coefficient (Wildman–Crippen LogP) is 14.8. The summed E-state index contributed by atoms with van der Waals surface area (Å²) in [6.07, 6.45) is 0. The Hall–Kier alpha value is -7.22. The summed E-state index contributed by atoms with van der Waals surface area (Å²) in [5.41, 5.74) is 18.8. The van der Waals surface area contributed by atoms with Crippen molar-refractivity contribution in [2.75, 3.05) is 4.90 Å². The van der Waals surface area contributed by atoms with Gasteiger partial charge in [0.15, 0.2) is 0 Å². The van der Waals surface area contributed by atoms with Crippen molar-refractivity contribution in [2.24, 2.45) is 0 Å². The molecule has 0 bridgehead atoms. The molecule has 0 N–H and O–H groups in total. The minimum atomic E-state index is -0.567. The Balaban J connectivity index is 1.24. The molecule has 0 aromatic heterocycles. The maximum absolute atomic E-state index is 2.47. The third kappa shape index (κ3) is 5.96. The third-order valence-electron chi connectivity index (χ3n) is 11.6. The third-order valence-corrected chi connectivity index (χ3v) is 11.6. The molecule has 0 fully saturated rings. The smallest absolute Gasteiger partial charge is 0.0714 e. The van der Waals surface area contributed by atoms with E-state index in [1.807, 2.05) is 0 Å². The van der Waals surface area contributed by atoms with Crippen LogP contribution >= 0.6 is 0 Å². The fourth-order valence-electron chi connectivity index (χ4n) is 8.93. The van der Waals surface area contributed by atoms with Gasteiger partial charge in [-0.05, 0) is 105 Å². The van der Waals surface area contributed by atoms with E-state index in [1.165, 1.54) is 72.3 Å². The van der Waals surface area contributed by atoms with E-state index in [0.717, 1.165) is 17.1 Å². The lowest BCUT2D eigenvalue weighted by molar-refractivity contribution is 0.768. The van der Waals surface area contributed by atoms with Crippen LogP contribution in [0.3, 0.4) is 0 Å². The Bertz CT molecular complexity index is 2810. The Kier molecular flexibility index (Phi) is 8.69. The fourth-order valence-corrected chi connectivity index (χ4v) is 8.93. The molecular formula is C56H41N. The van der Waals surface area contributed by atoms with Crippen LogP contribution in [-0.4, -0.2) is 0 Å². The average molecular weight is 728 g/mol. The lowest BCUT2D eigenvalue weighted by Gasteiger charge is -2.35. The molecule has 1 heteroatoms. The van der Waals surface area contributed by atoms with Crippen molar-refractivity contribution < 1.29 is 0 Å². The van der Waals surface area contributed by atoms with E-state index in [9.17, 15) is 0 Å². The van der Waals surface area contributed by atoms with E-state index < -0.39 is 5.41 Å². The molecule has 270 valence electrons. The number of nitrogens with zero attached hydrogens (tertiary/aromatic N) is 1. The summed E-state index contributed by atoms with van der Waals surface area (Å²) < 4.78 is 0. The molecule has 0 amide bonds. The molecule has 0 aliphatic heterocycles. The van der Waals surface area contributed by atoms with Gasteiger partial charge >= 0.3 is 0 Å². The number of fused-ring (bicyclic) bond motifs is 3. The highest BCUT2D eigenvalue weighted by Gasteiger charge is 2.46. The summed E-state index contributed by atoms with van der Waals surface area (Å²) in [5.74, 6) is 0. The predicted molar refractivity (Wildman–Crippen MR) is 239 cm³/mol. The number of rotatable bonds is 8. The second-order valence-electron chi connectivity index (χ2n) is 15.0. The molecule has 9 aromatic rings. The van der Waals surface area contributed by atoms with Crippen molar-refractivity contribution in [1.29, 1.82) is 0 Å². The van der Waals surface area contributed by atoms with Crippen LogP contribution in [0, 0.1) is 6.92 Å². The van der Waals surface area contributed by atoms with Crippen molar-refractivity contribution in [2.45, 2.75) is 12.3 Å². The normalized spacial score (nSPS) is 14.1. The SMILES string of the molecule is Cc1ccc(C2(c3ccccc3)c3cc(-c4ccccc4)ccc3-c3ccc(N(c4ccc(-c5ccccc5)cc4)c4ccccc4-c4ccccc4)cc32)cc1. The number of anilines is 3. The molecule has 10 rings (SSSR count). The van der Waals surface area contributed by atoms with Crippen molar-refractivity contribution in [1.82, 2.24) is 0 Å². The lowest BCUT2D eigenvalue weighted by Crippen LogP contribution is -2.29. The first-order valence-electron chi connectivity index (χ1n) is 19.8. The Morgan fingerprint density at radius 2 is 0.772 bits per heavy atom. The summed E-state index contributed by atoms with van der Waals surface area (Å²) in [6, 6.07) is 84.5. The molecule has 57 heavy (non-hydrogen) atoms. The van der Waals surface area contributed by atoms with Crippen molar-refractivity contribution in [3.8, 4) is 44.5 Å². The van der Waals surface area contributed by atoms with Gasteiger partial charge in [-0.3, -0.25) is 0 Å². The Morgan fingerprint density at radius 3 is 1.42 bits per heavy atom. The van der Waals surface area contributed by atoms with E-state index in [1.54, 1.807) is 0 Å².